The summed E-state index contributed by atoms with van der Waals surface area (Å²) in [6.07, 6.45) is 0. The predicted molar refractivity (Wildman–Crippen MR) is 166 cm³/mol. The van der Waals surface area contributed by atoms with Crippen molar-refractivity contribution in [2.24, 2.45) is 0 Å². The normalized spacial score (nSPS) is 11.5. The molecule has 0 saturated carbocycles. The second kappa shape index (κ2) is 9.26. The summed E-state index contributed by atoms with van der Waals surface area (Å²) in [5.74, 6) is 0.633. The third kappa shape index (κ3) is 3.71. The van der Waals surface area contributed by atoms with Crippen molar-refractivity contribution in [3.05, 3.63) is 133 Å². The van der Waals surface area contributed by atoms with Gasteiger partial charge in [-0.15, -0.1) is 11.3 Å². The molecule has 40 heavy (non-hydrogen) atoms. The minimum atomic E-state index is 0.633. The van der Waals surface area contributed by atoms with Crippen LogP contribution >= 0.6 is 11.3 Å². The van der Waals surface area contributed by atoms with E-state index in [1.807, 2.05) is 42.5 Å². The van der Waals surface area contributed by atoms with Crippen molar-refractivity contribution >= 4 is 43.4 Å². The Hall–Kier alpha value is -5.13. The van der Waals surface area contributed by atoms with E-state index in [-0.39, 0.29) is 0 Å². The Morgan fingerprint density at radius 2 is 1.07 bits per heavy atom. The van der Waals surface area contributed by atoms with E-state index in [2.05, 4.69) is 95.6 Å². The number of fused-ring (bicyclic) bond motifs is 5. The molecule has 0 saturated heterocycles. The van der Waals surface area contributed by atoms with Crippen LogP contribution in [0.4, 0.5) is 0 Å². The molecule has 0 bridgehead atoms. The number of benzene rings is 5. The summed E-state index contributed by atoms with van der Waals surface area (Å²) in [6, 6.07) is 45.9. The number of hydrogen-bond acceptors (Lipinski definition) is 4. The topological polar surface area (TPSA) is 43.6 Å². The van der Waals surface area contributed by atoms with Crippen molar-refractivity contribution in [1.82, 2.24) is 19.5 Å². The molecule has 0 N–H and O–H groups in total. The monoisotopic (exact) mass is 530 g/mol. The molecule has 8 rings (SSSR count). The largest absolute Gasteiger partial charge is 0.276 e. The van der Waals surface area contributed by atoms with Crippen molar-refractivity contribution in [2.75, 3.05) is 0 Å². The van der Waals surface area contributed by atoms with E-state index in [0.29, 0.717) is 5.95 Å². The molecule has 8 aromatic rings. The highest BCUT2D eigenvalue weighted by Gasteiger charge is 2.20. The lowest BCUT2D eigenvalue weighted by Gasteiger charge is -2.12. The fourth-order valence-electron chi connectivity index (χ4n) is 5.40. The smallest absolute Gasteiger partial charge is 0.235 e. The van der Waals surface area contributed by atoms with Crippen LogP contribution in [0.3, 0.4) is 0 Å². The van der Waals surface area contributed by atoms with Crippen LogP contribution in [0.2, 0.25) is 0 Å². The molecular formula is C35H22N4S. The molecule has 0 aliphatic heterocycles. The molecule has 4 nitrogen and oxygen atoms in total. The number of thiazole rings is 1. The highest BCUT2D eigenvalue weighted by atomic mass is 32.1. The maximum atomic E-state index is 5.20. The minimum Gasteiger partial charge on any atom is -0.276 e. The van der Waals surface area contributed by atoms with Crippen LogP contribution in [0.1, 0.15) is 0 Å². The van der Waals surface area contributed by atoms with E-state index >= 15 is 0 Å². The van der Waals surface area contributed by atoms with Crippen LogP contribution in [0, 0.1) is 0 Å². The van der Waals surface area contributed by atoms with E-state index < -0.39 is 0 Å². The third-order valence-electron chi connectivity index (χ3n) is 7.27. The van der Waals surface area contributed by atoms with Crippen LogP contribution in [0.25, 0.3) is 71.1 Å². The second-order valence-electron chi connectivity index (χ2n) is 9.72. The summed E-state index contributed by atoms with van der Waals surface area (Å²) in [5, 5.41) is 3.30. The summed E-state index contributed by atoms with van der Waals surface area (Å²) in [5.41, 5.74) is 8.03. The average molecular weight is 531 g/mol. The van der Waals surface area contributed by atoms with Crippen molar-refractivity contribution in [3.8, 4) is 39.0 Å². The van der Waals surface area contributed by atoms with Crippen molar-refractivity contribution in [3.63, 3.8) is 0 Å². The molecule has 0 spiro atoms. The molecule has 5 heteroatoms. The first-order valence-electron chi connectivity index (χ1n) is 13.2. The van der Waals surface area contributed by atoms with E-state index in [1.165, 1.54) is 0 Å². The maximum Gasteiger partial charge on any atom is 0.235 e. The Morgan fingerprint density at radius 1 is 0.500 bits per heavy atom. The lowest BCUT2D eigenvalue weighted by molar-refractivity contribution is 0.997. The lowest BCUT2D eigenvalue weighted by atomic mass is 10.1. The molecule has 0 aliphatic carbocycles. The van der Waals surface area contributed by atoms with Gasteiger partial charge in [-0.25, -0.2) is 15.0 Å². The van der Waals surface area contributed by atoms with Gasteiger partial charge in [-0.2, -0.15) is 0 Å². The van der Waals surface area contributed by atoms with Gasteiger partial charge < -0.3 is 0 Å². The van der Waals surface area contributed by atoms with Gasteiger partial charge in [-0.1, -0.05) is 115 Å². The fraction of sp³-hybridized carbons (Fsp3) is 0. The highest BCUT2D eigenvalue weighted by Crippen LogP contribution is 2.40. The molecule has 5 aromatic carbocycles. The van der Waals surface area contributed by atoms with Gasteiger partial charge in [0, 0.05) is 27.5 Å². The van der Waals surface area contributed by atoms with Crippen LogP contribution in [0.5, 0.6) is 0 Å². The number of hydrogen-bond donors (Lipinski definition) is 0. The zero-order valence-electron chi connectivity index (χ0n) is 21.4. The van der Waals surface area contributed by atoms with Crippen molar-refractivity contribution in [2.45, 2.75) is 0 Å². The van der Waals surface area contributed by atoms with Crippen molar-refractivity contribution in [1.29, 1.82) is 0 Å². The Morgan fingerprint density at radius 3 is 1.73 bits per heavy atom. The van der Waals surface area contributed by atoms with Gasteiger partial charge in [0.15, 0.2) is 0 Å². The van der Waals surface area contributed by atoms with Crippen LogP contribution in [0.15, 0.2) is 133 Å². The summed E-state index contributed by atoms with van der Waals surface area (Å²) in [4.78, 5) is 15.5. The zero-order chi connectivity index (χ0) is 26.5. The molecule has 3 heterocycles. The quantitative estimate of drug-likeness (QED) is 0.228. The fourth-order valence-corrected chi connectivity index (χ4v) is 6.37. The number of aromatic nitrogens is 4. The van der Waals surface area contributed by atoms with Gasteiger partial charge >= 0.3 is 0 Å². The van der Waals surface area contributed by atoms with Crippen LogP contribution in [-0.4, -0.2) is 19.5 Å². The highest BCUT2D eigenvalue weighted by molar-refractivity contribution is 7.21. The van der Waals surface area contributed by atoms with Gasteiger partial charge in [-0.05, 0) is 18.2 Å². The van der Waals surface area contributed by atoms with Crippen LogP contribution < -0.4 is 0 Å². The van der Waals surface area contributed by atoms with E-state index in [4.69, 9.17) is 15.0 Å². The molecule has 0 radical (unpaired) electrons. The maximum absolute atomic E-state index is 5.20. The summed E-state index contributed by atoms with van der Waals surface area (Å²) in [7, 11) is 0. The van der Waals surface area contributed by atoms with Gasteiger partial charge in [0.2, 0.25) is 5.95 Å². The first-order valence-corrected chi connectivity index (χ1v) is 14.0. The first-order chi connectivity index (χ1) is 19.8. The summed E-state index contributed by atoms with van der Waals surface area (Å²) < 4.78 is 3.33. The molecule has 188 valence electrons. The Balaban J connectivity index is 1.47. The average Bonchev–Trinajstić information content (AvgIpc) is 3.62. The number of nitrogens with zero attached hydrogens (tertiary/aromatic N) is 4. The third-order valence-corrected chi connectivity index (χ3v) is 8.34. The summed E-state index contributed by atoms with van der Waals surface area (Å²) in [6.45, 7) is 0. The Labute approximate surface area is 234 Å². The molecule has 0 aliphatic rings. The molecular weight excluding hydrogens is 508 g/mol. The minimum absolute atomic E-state index is 0.633. The lowest BCUT2D eigenvalue weighted by Crippen LogP contribution is -2.04. The van der Waals surface area contributed by atoms with Crippen molar-refractivity contribution < 1.29 is 0 Å². The van der Waals surface area contributed by atoms with Gasteiger partial charge in [-0.3, -0.25) is 4.57 Å². The summed E-state index contributed by atoms with van der Waals surface area (Å²) >= 11 is 1.71. The van der Waals surface area contributed by atoms with E-state index in [9.17, 15) is 0 Å². The standard InChI is InChI=1S/C35H22N4S/c1-4-12-23(13-5-1)28-22-29(24-14-6-2-7-15-24)37-35(36-28)39-30-19-11-10-18-26(30)27-20-21-31-32(33(27)39)38-34(40-31)25-16-8-3-9-17-25/h1-22H. The number of para-hydroxylation sites is 1. The molecule has 0 fully saturated rings. The van der Waals surface area contributed by atoms with E-state index in [1.54, 1.807) is 11.3 Å². The number of rotatable bonds is 4. The van der Waals surface area contributed by atoms with Gasteiger partial charge in [0.25, 0.3) is 0 Å². The Bertz CT molecular complexity index is 2090. The first kappa shape index (κ1) is 22.8. The van der Waals surface area contributed by atoms with Gasteiger partial charge in [0.1, 0.15) is 10.5 Å². The molecule has 3 aromatic heterocycles. The predicted octanol–water partition coefficient (Wildman–Crippen LogP) is 9.18. The molecule has 0 unspecified atom stereocenters. The SMILES string of the molecule is c1ccc(-c2cc(-c3ccccc3)nc(-n3c4ccccc4c4ccc5sc(-c6ccccc6)nc5c43)n2)cc1. The molecule has 0 atom stereocenters. The second-order valence-corrected chi connectivity index (χ2v) is 10.7. The Kier molecular flexibility index (Phi) is 5.28. The zero-order valence-corrected chi connectivity index (χ0v) is 22.2. The van der Waals surface area contributed by atoms with Crippen LogP contribution in [-0.2, 0) is 0 Å². The van der Waals surface area contributed by atoms with E-state index in [0.717, 1.165) is 65.1 Å². The van der Waals surface area contributed by atoms with Gasteiger partial charge in [0.05, 0.1) is 27.1 Å². The molecule has 0 amide bonds.